The van der Waals surface area contributed by atoms with Crippen LogP contribution < -0.4 is 10.1 Å². The summed E-state index contributed by atoms with van der Waals surface area (Å²) in [4.78, 5) is 40.2. The topological polar surface area (TPSA) is 94.6 Å². The molecule has 142 valence electrons. The number of carbonyl (C=O) groups is 3. The number of hydrogen-bond acceptors (Lipinski definition) is 6. The van der Waals surface area contributed by atoms with Gasteiger partial charge in [-0.05, 0) is 0 Å². The molecule has 0 saturated carbocycles. The summed E-state index contributed by atoms with van der Waals surface area (Å²) >= 11 is 0. The van der Waals surface area contributed by atoms with E-state index in [1.807, 2.05) is 42.5 Å². The van der Waals surface area contributed by atoms with Crippen molar-refractivity contribution in [3.8, 4) is 17.0 Å². The molecule has 1 aromatic heterocycles. The molecule has 28 heavy (non-hydrogen) atoms. The van der Waals surface area contributed by atoms with Crippen LogP contribution in [0.15, 0.2) is 54.6 Å². The van der Waals surface area contributed by atoms with Crippen LogP contribution in [-0.4, -0.2) is 36.5 Å². The van der Waals surface area contributed by atoms with Crippen molar-refractivity contribution in [2.45, 2.75) is 6.92 Å². The van der Waals surface area contributed by atoms with E-state index in [9.17, 15) is 14.4 Å². The summed E-state index contributed by atoms with van der Waals surface area (Å²) in [6, 6.07) is 16.6. The number of methoxy groups -OCH3 is 1. The molecule has 3 aromatic rings. The Morgan fingerprint density at radius 2 is 1.61 bits per heavy atom. The number of ether oxygens (including phenoxy) is 2. The molecule has 0 aliphatic rings. The SMILES string of the molecule is COC(=O)CNC(=O)c1nc(-c2ccccc2)c2ccccc2c1OC(C)=O. The Hall–Kier alpha value is -3.74. The molecule has 0 spiro atoms. The zero-order chi connectivity index (χ0) is 20.1. The van der Waals surface area contributed by atoms with E-state index in [-0.39, 0.29) is 18.0 Å². The van der Waals surface area contributed by atoms with Gasteiger partial charge in [-0.25, -0.2) is 4.98 Å². The Morgan fingerprint density at radius 1 is 0.964 bits per heavy atom. The highest BCUT2D eigenvalue weighted by Gasteiger charge is 2.23. The number of aromatic nitrogens is 1. The lowest BCUT2D eigenvalue weighted by Crippen LogP contribution is -2.31. The monoisotopic (exact) mass is 378 g/mol. The fourth-order valence-electron chi connectivity index (χ4n) is 2.76. The molecular formula is C21H18N2O5. The summed E-state index contributed by atoms with van der Waals surface area (Å²) in [6.45, 7) is 0.917. The van der Waals surface area contributed by atoms with Crippen molar-refractivity contribution < 1.29 is 23.9 Å². The number of rotatable bonds is 5. The molecule has 0 atom stereocenters. The van der Waals surface area contributed by atoms with Gasteiger partial charge in [-0.2, -0.15) is 0 Å². The zero-order valence-corrected chi connectivity index (χ0v) is 15.4. The van der Waals surface area contributed by atoms with Gasteiger partial charge >= 0.3 is 11.9 Å². The average molecular weight is 378 g/mol. The Labute approximate surface area is 161 Å². The summed E-state index contributed by atoms with van der Waals surface area (Å²) in [5, 5.41) is 3.73. The van der Waals surface area contributed by atoms with E-state index in [1.54, 1.807) is 12.1 Å². The number of amides is 1. The van der Waals surface area contributed by atoms with Crippen LogP contribution in [0.1, 0.15) is 17.4 Å². The minimum Gasteiger partial charge on any atom is -0.468 e. The van der Waals surface area contributed by atoms with Crippen molar-refractivity contribution >= 4 is 28.6 Å². The second-order valence-electron chi connectivity index (χ2n) is 5.90. The lowest BCUT2D eigenvalue weighted by molar-refractivity contribution is -0.139. The third-order valence-corrected chi connectivity index (χ3v) is 3.99. The number of pyridine rings is 1. The molecule has 0 saturated heterocycles. The molecule has 2 aromatic carbocycles. The van der Waals surface area contributed by atoms with Crippen LogP contribution >= 0.6 is 0 Å². The average Bonchev–Trinajstić information content (AvgIpc) is 2.72. The Morgan fingerprint density at radius 3 is 2.25 bits per heavy atom. The fraction of sp³-hybridized carbons (Fsp3) is 0.143. The molecule has 0 aliphatic carbocycles. The minimum absolute atomic E-state index is 0.0464. The second-order valence-corrected chi connectivity index (χ2v) is 5.90. The molecular weight excluding hydrogens is 360 g/mol. The first-order valence-electron chi connectivity index (χ1n) is 8.53. The van der Waals surface area contributed by atoms with Gasteiger partial charge < -0.3 is 14.8 Å². The molecule has 1 heterocycles. The van der Waals surface area contributed by atoms with Crippen molar-refractivity contribution in [3.05, 3.63) is 60.3 Å². The van der Waals surface area contributed by atoms with Crippen LogP contribution in [0.3, 0.4) is 0 Å². The van der Waals surface area contributed by atoms with Gasteiger partial charge in [0.15, 0.2) is 11.4 Å². The van der Waals surface area contributed by atoms with Crippen LogP contribution in [0.2, 0.25) is 0 Å². The summed E-state index contributed by atoms with van der Waals surface area (Å²) in [5.74, 6) is -1.79. The van der Waals surface area contributed by atoms with E-state index in [0.29, 0.717) is 11.1 Å². The van der Waals surface area contributed by atoms with Crippen LogP contribution in [0.25, 0.3) is 22.0 Å². The van der Waals surface area contributed by atoms with Gasteiger partial charge in [0.05, 0.1) is 12.8 Å². The van der Waals surface area contributed by atoms with Crippen molar-refractivity contribution in [2.24, 2.45) is 0 Å². The first-order valence-corrected chi connectivity index (χ1v) is 8.53. The van der Waals surface area contributed by atoms with Crippen molar-refractivity contribution in [2.75, 3.05) is 13.7 Å². The van der Waals surface area contributed by atoms with Crippen molar-refractivity contribution in [3.63, 3.8) is 0 Å². The van der Waals surface area contributed by atoms with Crippen molar-refractivity contribution in [1.82, 2.24) is 10.3 Å². The van der Waals surface area contributed by atoms with E-state index in [0.717, 1.165) is 10.9 Å². The number of carbonyl (C=O) groups excluding carboxylic acids is 3. The molecule has 0 fully saturated rings. The zero-order valence-electron chi connectivity index (χ0n) is 15.4. The largest absolute Gasteiger partial charge is 0.468 e. The lowest BCUT2D eigenvalue weighted by Gasteiger charge is -2.15. The van der Waals surface area contributed by atoms with Crippen LogP contribution in [0.5, 0.6) is 5.75 Å². The van der Waals surface area contributed by atoms with E-state index < -0.39 is 17.8 Å². The third-order valence-electron chi connectivity index (χ3n) is 3.99. The number of nitrogens with one attached hydrogen (secondary N) is 1. The van der Waals surface area contributed by atoms with Gasteiger partial charge in [-0.15, -0.1) is 0 Å². The van der Waals surface area contributed by atoms with Gasteiger partial charge in [-0.3, -0.25) is 14.4 Å². The molecule has 0 unspecified atom stereocenters. The molecule has 1 N–H and O–H groups in total. The molecule has 0 radical (unpaired) electrons. The van der Waals surface area contributed by atoms with Crippen LogP contribution in [0, 0.1) is 0 Å². The highest BCUT2D eigenvalue weighted by molar-refractivity contribution is 6.07. The molecule has 0 aliphatic heterocycles. The molecule has 1 amide bonds. The maximum Gasteiger partial charge on any atom is 0.325 e. The van der Waals surface area contributed by atoms with Crippen LogP contribution in [-0.2, 0) is 14.3 Å². The first-order chi connectivity index (χ1) is 13.5. The predicted molar refractivity (Wildman–Crippen MR) is 103 cm³/mol. The Balaban J connectivity index is 2.21. The molecule has 3 rings (SSSR count). The van der Waals surface area contributed by atoms with E-state index in [1.165, 1.54) is 14.0 Å². The smallest absolute Gasteiger partial charge is 0.325 e. The fourth-order valence-corrected chi connectivity index (χ4v) is 2.76. The number of nitrogens with zero attached hydrogens (tertiary/aromatic N) is 1. The van der Waals surface area contributed by atoms with Gasteiger partial charge in [0.1, 0.15) is 6.54 Å². The highest BCUT2D eigenvalue weighted by atomic mass is 16.5. The van der Waals surface area contributed by atoms with Gasteiger partial charge in [0, 0.05) is 23.3 Å². The normalized spacial score (nSPS) is 10.4. The minimum atomic E-state index is -0.649. The second kappa shape index (κ2) is 8.30. The number of fused-ring (bicyclic) bond motifs is 1. The van der Waals surface area contributed by atoms with Crippen molar-refractivity contribution in [1.29, 1.82) is 0 Å². The summed E-state index contributed by atoms with van der Waals surface area (Å²) in [7, 11) is 1.22. The summed E-state index contributed by atoms with van der Waals surface area (Å²) in [5.41, 5.74) is 1.28. The quantitative estimate of drug-likeness (QED) is 0.686. The van der Waals surface area contributed by atoms with Gasteiger partial charge in [0.25, 0.3) is 5.91 Å². The summed E-state index contributed by atoms with van der Waals surface area (Å²) in [6.07, 6.45) is 0. The maximum atomic E-state index is 12.7. The molecule has 0 bridgehead atoms. The van der Waals surface area contributed by atoms with E-state index >= 15 is 0 Å². The third kappa shape index (κ3) is 3.98. The Kier molecular flexibility index (Phi) is 5.64. The number of benzene rings is 2. The van der Waals surface area contributed by atoms with Crippen LogP contribution in [0.4, 0.5) is 0 Å². The van der Waals surface area contributed by atoms with E-state index in [4.69, 9.17) is 4.74 Å². The standard InChI is InChI=1S/C21H18N2O5/c1-13(24)28-20-16-11-7-6-10-15(16)18(14-8-4-3-5-9-14)23-19(20)21(26)22-12-17(25)27-2/h3-11H,12H2,1-2H3,(H,22,26). The van der Waals surface area contributed by atoms with Gasteiger partial charge in [0.2, 0.25) is 0 Å². The lowest BCUT2D eigenvalue weighted by atomic mass is 10.0. The number of esters is 2. The highest BCUT2D eigenvalue weighted by Crippen LogP contribution is 2.35. The predicted octanol–water partition coefficient (Wildman–Crippen LogP) is 2.73. The molecule has 7 heteroatoms. The maximum absolute atomic E-state index is 12.7. The molecule has 7 nitrogen and oxygen atoms in total. The van der Waals surface area contributed by atoms with E-state index in [2.05, 4.69) is 15.0 Å². The Bertz CT molecular complexity index is 1050. The first kappa shape index (κ1) is 19.0. The van der Waals surface area contributed by atoms with Gasteiger partial charge in [-0.1, -0.05) is 54.6 Å². The number of hydrogen-bond donors (Lipinski definition) is 1. The summed E-state index contributed by atoms with van der Waals surface area (Å²) < 4.78 is 9.86.